The molecule has 0 spiro atoms. The fraction of sp³-hybridized carbons (Fsp3) is 0.267. The molecule has 21 heavy (non-hydrogen) atoms. The lowest BCUT2D eigenvalue weighted by molar-refractivity contribution is -0.125. The Morgan fingerprint density at radius 3 is 2.67 bits per heavy atom. The molecule has 2 rings (SSSR count). The molecular formula is C15H16ClN3O2. The van der Waals surface area contributed by atoms with Crippen molar-refractivity contribution >= 4 is 34.3 Å². The lowest BCUT2D eigenvalue weighted by Gasteiger charge is -2.20. The predicted octanol–water partition coefficient (Wildman–Crippen LogP) is 2.13. The van der Waals surface area contributed by atoms with Gasteiger partial charge in [-0.3, -0.25) is 9.59 Å². The van der Waals surface area contributed by atoms with Gasteiger partial charge in [0.1, 0.15) is 5.69 Å². The van der Waals surface area contributed by atoms with E-state index < -0.39 is 17.2 Å². The SMILES string of the molecule is CC(C)(CNC(=O)c1cc(Cl)c2ccccc2n1)C(N)=O. The van der Waals surface area contributed by atoms with Crippen LogP contribution in [0.25, 0.3) is 10.9 Å². The molecule has 0 aliphatic carbocycles. The van der Waals surface area contributed by atoms with Crippen molar-refractivity contribution < 1.29 is 9.59 Å². The van der Waals surface area contributed by atoms with Crippen molar-refractivity contribution in [1.29, 1.82) is 0 Å². The van der Waals surface area contributed by atoms with E-state index in [0.29, 0.717) is 10.5 Å². The number of carbonyl (C=O) groups excluding carboxylic acids is 2. The van der Waals surface area contributed by atoms with Gasteiger partial charge in [0.25, 0.3) is 5.91 Å². The smallest absolute Gasteiger partial charge is 0.269 e. The molecule has 1 aromatic heterocycles. The Morgan fingerprint density at radius 2 is 2.00 bits per heavy atom. The Bertz CT molecular complexity index is 713. The van der Waals surface area contributed by atoms with Gasteiger partial charge < -0.3 is 11.1 Å². The number of carbonyl (C=O) groups is 2. The highest BCUT2D eigenvalue weighted by Gasteiger charge is 2.26. The summed E-state index contributed by atoms with van der Waals surface area (Å²) in [6.07, 6.45) is 0. The molecule has 0 atom stereocenters. The van der Waals surface area contributed by atoms with Gasteiger partial charge >= 0.3 is 0 Å². The van der Waals surface area contributed by atoms with Gasteiger partial charge in [0.2, 0.25) is 5.91 Å². The Hall–Kier alpha value is -2.14. The van der Waals surface area contributed by atoms with E-state index in [4.69, 9.17) is 17.3 Å². The van der Waals surface area contributed by atoms with Gasteiger partial charge in [0, 0.05) is 11.9 Å². The van der Waals surface area contributed by atoms with E-state index >= 15 is 0 Å². The topological polar surface area (TPSA) is 85.1 Å². The van der Waals surface area contributed by atoms with Gasteiger partial charge in [0.05, 0.1) is 16.0 Å². The van der Waals surface area contributed by atoms with Crippen molar-refractivity contribution in [3.63, 3.8) is 0 Å². The molecule has 2 aromatic rings. The highest BCUT2D eigenvalue weighted by atomic mass is 35.5. The third-order valence-corrected chi connectivity index (χ3v) is 3.57. The summed E-state index contributed by atoms with van der Waals surface area (Å²) in [5, 5.41) is 3.90. The van der Waals surface area contributed by atoms with Crippen LogP contribution < -0.4 is 11.1 Å². The van der Waals surface area contributed by atoms with Gasteiger partial charge in [-0.2, -0.15) is 0 Å². The normalized spacial score (nSPS) is 11.4. The average Bonchev–Trinajstić information content (AvgIpc) is 2.44. The van der Waals surface area contributed by atoms with Crippen LogP contribution >= 0.6 is 11.6 Å². The number of aromatic nitrogens is 1. The van der Waals surface area contributed by atoms with Crippen molar-refractivity contribution in [3.05, 3.63) is 41.0 Å². The van der Waals surface area contributed by atoms with Gasteiger partial charge in [-0.05, 0) is 26.0 Å². The molecule has 1 aromatic carbocycles. The number of nitrogens with one attached hydrogen (secondary N) is 1. The molecule has 0 radical (unpaired) electrons. The summed E-state index contributed by atoms with van der Waals surface area (Å²) in [7, 11) is 0. The number of benzene rings is 1. The fourth-order valence-corrected chi connectivity index (χ4v) is 1.99. The molecule has 2 amide bonds. The van der Waals surface area contributed by atoms with Crippen molar-refractivity contribution in [3.8, 4) is 0 Å². The van der Waals surface area contributed by atoms with Crippen molar-refractivity contribution in [1.82, 2.24) is 10.3 Å². The third kappa shape index (κ3) is 3.31. The molecular weight excluding hydrogens is 290 g/mol. The molecule has 3 N–H and O–H groups in total. The first-order chi connectivity index (χ1) is 9.81. The second-order valence-corrected chi connectivity index (χ2v) is 5.84. The number of rotatable bonds is 4. The lowest BCUT2D eigenvalue weighted by Crippen LogP contribution is -2.42. The number of nitrogens with zero attached hydrogens (tertiary/aromatic N) is 1. The number of halogens is 1. The minimum absolute atomic E-state index is 0.132. The number of pyridine rings is 1. The van der Waals surface area contributed by atoms with Crippen LogP contribution in [0.1, 0.15) is 24.3 Å². The van der Waals surface area contributed by atoms with Gasteiger partial charge in [-0.1, -0.05) is 29.8 Å². The van der Waals surface area contributed by atoms with Gasteiger partial charge in [-0.15, -0.1) is 0 Å². The summed E-state index contributed by atoms with van der Waals surface area (Å²) in [6, 6.07) is 8.80. The zero-order valence-corrected chi connectivity index (χ0v) is 12.6. The predicted molar refractivity (Wildman–Crippen MR) is 82.1 cm³/mol. The molecule has 5 nitrogen and oxygen atoms in total. The molecule has 0 saturated carbocycles. The second kappa shape index (κ2) is 5.69. The standard InChI is InChI=1S/C15H16ClN3O2/c1-15(2,14(17)21)8-18-13(20)12-7-10(16)9-5-3-4-6-11(9)19-12/h3-7H,8H2,1-2H3,(H2,17,21)(H,18,20). The van der Waals surface area contributed by atoms with Crippen LogP contribution in [-0.2, 0) is 4.79 Å². The molecule has 0 bridgehead atoms. The first-order valence-electron chi connectivity index (χ1n) is 6.44. The van der Waals surface area contributed by atoms with Crippen LogP contribution in [0.3, 0.4) is 0 Å². The van der Waals surface area contributed by atoms with E-state index in [2.05, 4.69) is 10.3 Å². The Morgan fingerprint density at radius 1 is 1.33 bits per heavy atom. The maximum absolute atomic E-state index is 12.1. The van der Waals surface area contributed by atoms with Crippen LogP contribution in [0, 0.1) is 5.41 Å². The van der Waals surface area contributed by atoms with E-state index in [1.54, 1.807) is 19.9 Å². The van der Waals surface area contributed by atoms with Gasteiger partial charge in [0.15, 0.2) is 0 Å². The molecule has 0 unspecified atom stereocenters. The summed E-state index contributed by atoms with van der Waals surface area (Å²) in [5.74, 6) is -0.871. The number of hydrogen-bond donors (Lipinski definition) is 2. The zero-order chi connectivity index (χ0) is 15.6. The van der Waals surface area contributed by atoms with Crippen LogP contribution in [0.2, 0.25) is 5.02 Å². The molecule has 0 aliphatic heterocycles. The molecule has 1 heterocycles. The Kier molecular flexibility index (Phi) is 4.14. The molecule has 110 valence electrons. The summed E-state index contributed by atoms with van der Waals surface area (Å²) in [6.45, 7) is 3.46. The maximum Gasteiger partial charge on any atom is 0.269 e. The van der Waals surface area contributed by atoms with E-state index in [0.717, 1.165) is 5.39 Å². The summed E-state index contributed by atoms with van der Waals surface area (Å²) >= 11 is 6.15. The number of para-hydroxylation sites is 1. The van der Waals surface area contributed by atoms with Crippen LogP contribution in [0.4, 0.5) is 0 Å². The van der Waals surface area contributed by atoms with Gasteiger partial charge in [-0.25, -0.2) is 4.98 Å². The largest absolute Gasteiger partial charge is 0.369 e. The highest BCUT2D eigenvalue weighted by Crippen LogP contribution is 2.22. The van der Waals surface area contributed by atoms with E-state index in [1.165, 1.54) is 6.07 Å². The molecule has 0 aliphatic rings. The fourth-order valence-electron chi connectivity index (χ4n) is 1.73. The molecule has 0 saturated heterocycles. The highest BCUT2D eigenvalue weighted by molar-refractivity contribution is 6.35. The average molecular weight is 306 g/mol. The minimum Gasteiger partial charge on any atom is -0.369 e. The number of nitrogens with two attached hydrogens (primary N) is 1. The Labute approximate surface area is 127 Å². The number of fused-ring (bicyclic) bond motifs is 1. The van der Waals surface area contributed by atoms with Crippen LogP contribution in [0.5, 0.6) is 0 Å². The lowest BCUT2D eigenvalue weighted by atomic mass is 9.93. The van der Waals surface area contributed by atoms with Crippen molar-refractivity contribution in [2.24, 2.45) is 11.1 Å². The summed E-state index contributed by atoms with van der Waals surface area (Å²) < 4.78 is 0. The number of hydrogen-bond acceptors (Lipinski definition) is 3. The maximum atomic E-state index is 12.1. The summed E-state index contributed by atoms with van der Waals surface area (Å²) in [5.41, 5.74) is 5.29. The first-order valence-corrected chi connectivity index (χ1v) is 6.82. The van der Waals surface area contributed by atoms with E-state index in [9.17, 15) is 9.59 Å². The van der Waals surface area contributed by atoms with Crippen LogP contribution in [-0.4, -0.2) is 23.3 Å². The second-order valence-electron chi connectivity index (χ2n) is 5.44. The van der Waals surface area contributed by atoms with E-state index in [-0.39, 0.29) is 12.2 Å². The number of amides is 2. The monoisotopic (exact) mass is 305 g/mol. The quantitative estimate of drug-likeness (QED) is 0.907. The Balaban J connectivity index is 2.22. The van der Waals surface area contributed by atoms with Crippen molar-refractivity contribution in [2.75, 3.05) is 6.54 Å². The minimum atomic E-state index is -0.823. The molecule has 0 fully saturated rings. The van der Waals surface area contributed by atoms with Crippen molar-refractivity contribution in [2.45, 2.75) is 13.8 Å². The van der Waals surface area contributed by atoms with E-state index in [1.807, 2.05) is 18.2 Å². The zero-order valence-electron chi connectivity index (χ0n) is 11.8. The first kappa shape index (κ1) is 15.3. The molecule has 6 heteroatoms. The summed E-state index contributed by atoms with van der Waals surface area (Å²) in [4.78, 5) is 27.6. The van der Waals surface area contributed by atoms with Crippen LogP contribution in [0.15, 0.2) is 30.3 Å². The number of primary amides is 1. The third-order valence-electron chi connectivity index (χ3n) is 3.26.